The molecule has 0 saturated carbocycles. The molecule has 0 aliphatic rings. The van der Waals surface area contributed by atoms with Gasteiger partial charge < -0.3 is 19.2 Å². The summed E-state index contributed by atoms with van der Waals surface area (Å²) in [5, 5.41) is 2.73. The fourth-order valence-corrected chi connectivity index (χ4v) is 4.22. The van der Waals surface area contributed by atoms with Crippen LogP contribution in [0.25, 0.3) is 16.8 Å². The van der Waals surface area contributed by atoms with Crippen LogP contribution < -0.4 is 10.1 Å². The summed E-state index contributed by atoms with van der Waals surface area (Å²) >= 11 is 0. The van der Waals surface area contributed by atoms with Gasteiger partial charge in [-0.05, 0) is 41.5 Å². The highest BCUT2D eigenvalue weighted by molar-refractivity contribution is 5.95. The maximum Gasteiger partial charge on any atom is 0.328 e. The second-order valence-corrected chi connectivity index (χ2v) is 8.96. The van der Waals surface area contributed by atoms with Crippen LogP contribution in [0.4, 0.5) is 4.39 Å². The standard InChI is InChI=1S/C31H26FN3O4/c1-38-31(37)27(17-21-11-14-24(15-12-21)39-20-22-7-3-2-4-8-22)34-30(36)28-19-35-18-23(13-16-29(35)33-28)25-9-5-6-10-26(25)32/h2-16,18-19,27H,17,20H2,1H3,(H,34,36)/t27-/m0/s1. The molecule has 196 valence electrons. The van der Waals surface area contributed by atoms with E-state index in [1.165, 1.54) is 13.2 Å². The van der Waals surface area contributed by atoms with Crippen molar-refractivity contribution in [1.29, 1.82) is 0 Å². The third-order valence-corrected chi connectivity index (χ3v) is 6.27. The lowest BCUT2D eigenvalue weighted by atomic mass is 10.1. The molecule has 3 aromatic carbocycles. The summed E-state index contributed by atoms with van der Waals surface area (Å²) in [4.78, 5) is 29.9. The number of carbonyl (C=O) groups is 2. The number of esters is 1. The predicted molar refractivity (Wildman–Crippen MR) is 145 cm³/mol. The Bertz CT molecular complexity index is 1600. The van der Waals surface area contributed by atoms with Crippen LogP contribution in [0.1, 0.15) is 21.6 Å². The van der Waals surface area contributed by atoms with Gasteiger partial charge in [-0.25, -0.2) is 14.2 Å². The third-order valence-electron chi connectivity index (χ3n) is 6.27. The molecule has 2 heterocycles. The van der Waals surface area contributed by atoms with Crippen molar-refractivity contribution in [2.45, 2.75) is 19.1 Å². The van der Waals surface area contributed by atoms with E-state index in [0.717, 1.165) is 11.1 Å². The van der Waals surface area contributed by atoms with Gasteiger partial charge in [0.1, 0.15) is 35.6 Å². The average Bonchev–Trinajstić information content (AvgIpc) is 3.40. The fraction of sp³-hybridized carbons (Fsp3) is 0.129. The molecule has 5 aromatic rings. The minimum atomic E-state index is -0.919. The number of carbonyl (C=O) groups excluding carboxylic acids is 2. The maximum atomic E-state index is 14.2. The minimum Gasteiger partial charge on any atom is -0.489 e. The Labute approximate surface area is 224 Å². The Morgan fingerprint density at radius 3 is 2.38 bits per heavy atom. The van der Waals surface area contributed by atoms with Gasteiger partial charge in [0.05, 0.1) is 7.11 Å². The van der Waals surface area contributed by atoms with Crippen molar-refractivity contribution >= 4 is 17.5 Å². The van der Waals surface area contributed by atoms with Crippen molar-refractivity contribution in [2.75, 3.05) is 7.11 Å². The van der Waals surface area contributed by atoms with Crippen LogP contribution >= 0.6 is 0 Å². The van der Waals surface area contributed by atoms with Gasteiger partial charge in [-0.1, -0.05) is 60.7 Å². The summed E-state index contributed by atoms with van der Waals surface area (Å²) in [5.74, 6) is -0.741. The van der Waals surface area contributed by atoms with Crippen LogP contribution in [0.3, 0.4) is 0 Å². The van der Waals surface area contributed by atoms with Gasteiger partial charge in [0.2, 0.25) is 0 Å². The van der Waals surface area contributed by atoms with E-state index < -0.39 is 17.9 Å². The van der Waals surface area contributed by atoms with Gasteiger partial charge in [-0.15, -0.1) is 0 Å². The monoisotopic (exact) mass is 523 g/mol. The highest BCUT2D eigenvalue weighted by atomic mass is 19.1. The molecule has 0 fully saturated rings. The number of rotatable bonds is 9. The first-order valence-corrected chi connectivity index (χ1v) is 12.4. The van der Waals surface area contributed by atoms with Crippen LogP contribution in [0, 0.1) is 5.82 Å². The van der Waals surface area contributed by atoms with Gasteiger partial charge in [0.15, 0.2) is 0 Å². The van der Waals surface area contributed by atoms with E-state index >= 15 is 0 Å². The largest absolute Gasteiger partial charge is 0.489 e. The number of methoxy groups -OCH3 is 1. The van der Waals surface area contributed by atoms with E-state index in [2.05, 4.69) is 10.3 Å². The number of nitrogens with one attached hydrogen (secondary N) is 1. The molecule has 8 heteroatoms. The number of amides is 1. The molecule has 0 aliphatic heterocycles. The Kier molecular flexibility index (Phi) is 7.63. The molecule has 5 rings (SSSR count). The SMILES string of the molecule is COC(=O)[C@H](Cc1ccc(OCc2ccccc2)cc1)NC(=O)c1cn2cc(-c3ccccc3F)ccc2n1. The smallest absolute Gasteiger partial charge is 0.328 e. The molecule has 7 nitrogen and oxygen atoms in total. The topological polar surface area (TPSA) is 81.9 Å². The fourth-order valence-electron chi connectivity index (χ4n) is 4.22. The number of hydrogen-bond acceptors (Lipinski definition) is 5. The summed E-state index contributed by atoms with van der Waals surface area (Å²) in [6.07, 6.45) is 3.47. The van der Waals surface area contributed by atoms with Gasteiger partial charge in [-0.3, -0.25) is 4.79 Å². The molecular weight excluding hydrogens is 497 g/mol. The maximum absolute atomic E-state index is 14.2. The van der Waals surface area contributed by atoms with Gasteiger partial charge in [0, 0.05) is 29.9 Å². The van der Waals surface area contributed by atoms with E-state index in [-0.39, 0.29) is 17.9 Å². The van der Waals surface area contributed by atoms with Gasteiger partial charge in [0.25, 0.3) is 5.91 Å². The van der Waals surface area contributed by atoms with E-state index in [0.29, 0.717) is 29.1 Å². The second-order valence-electron chi connectivity index (χ2n) is 8.96. The zero-order valence-electron chi connectivity index (χ0n) is 21.2. The van der Waals surface area contributed by atoms with Crippen molar-refractivity contribution in [1.82, 2.24) is 14.7 Å². The number of fused-ring (bicyclic) bond motifs is 1. The highest BCUT2D eigenvalue weighted by Crippen LogP contribution is 2.23. The normalized spacial score (nSPS) is 11.6. The van der Waals surface area contributed by atoms with E-state index in [4.69, 9.17) is 9.47 Å². The minimum absolute atomic E-state index is 0.124. The molecule has 1 amide bonds. The quantitative estimate of drug-likeness (QED) is 0.268. The lowest BCUT2D eigenvalue weighted by molar-refractivity contribution is -0.142. The lowest BCUT2D eigenvalue weighted by Gasteiger charge is -2.16. The first-order valence-electron chi connectivity index (χ1n) is 12.4. The number of pyridine rings is 1. The Morgan fingerprint density at radius 1 is 0.897 bits per heavy atom. The van der Waals surface area contributed by atoms with Crippen LogP contribution in [0.2, 0.25) is 0 Å². The predicted octanol–water partition coefficient (Wildman–Crippen LogP) is 5.23. The number of nitrogens with zero attached hydrogens (tertiary/aromatic N) is 2. The summed E-state index contributed by atoms with van der Waals surface area (Å²) in [7, 11) is 1.27. The van der Waals surface area contributed by atoms with E-state index in [1.807, 2.05) is 54.6 Å². The van der Waals surface area contributed by atoms with Crippen molar-refractivity contribution in [3.05, 3.63) is 126 Å². The first kappa shape index (κ1) is 25.7. The van der Waals surface area contributed by atoms with Crippen molar-refractivity contribution < 1.29 is 23.5 Å². The molecular formula is C31H26FN3O4. The molecule has 0 spiro atoms. The average molecular weight is 524 g/mol. The molecule has 0 unspecified atom stereocenters. The second kappa shape index (κ2) is 11.6. The molecule has 0 radical (unpaired) electrons. The molecule has 1 atom stereocenters. The van der Waals surface area contributed by atoms with Crippen molar-refractivity contribution in [2.24, 2.45) is 0 Å². The Morgan fingerprint density at radius 2 is 1.64 bits per heavy atom. The van der Waals surface area contributed by atoms with Gasteiger partial charge in [-0.2, -0.15) is 0 Å². The molecule has 39 heavy (non-hydrogen) atoms. The number of halogens is 1. The van der Waals surface area contributed by atoms with E-state index in [1.54, 1.807) is 47.1 Å². The summed E-state index contributed by atoms with van der Waals surface area (Å²) in [6, 6.07) is 26.2. The first-order chi connectivity index (χ1) is 19.0. The van der Waals surface area contributed by atoms with E-state index in [9.17, 15) is 14.0 Å². The molecule has 2 aromatic heterocycles. The van der Waals surface area contributed by atoms with Crippen molar-refractivity contribution in [3.8, 4) is 16.9 Å². The van der Waals surface area contributed by atoms with Crippen LogP contribution in [0.5, 0.6) is 5.75 Å². The van der Waals surface area contributed by atoms with Crippen molar-refractivity contribution in [3.63, 3.8) is 0 Å². The van der Waals surface area contributed by atoms with Crippen LogP contribution in [-0.4, -0.2) is 34.4 Å². The summed E-state index contributed by atoms with van der Waals surface area (Å²) in [6.45, 7) is 0.446. The number of aromatic nitrogens is 2. The van der Waals surface area contributed by atoms with Crippen LogP contribution in [0.15, 0.2) is 103 Å². The number of benzene rings is 3. The lowest BCUT2D eigenvalue weighted by Crippen LogP contribution is -2.43. The summed E-state index contributed by atoms with van der Waals surface area (Å²) < 4.78 is 26.6. The molecule has 0 bridgehead atoms. The highest BCUT2D eigenvalue weighted by Gasteiger charge is 2.24. The van der Waals surface area contributed by atoms with Crippen LogP contribution in [-0.2, 0) is 22.6 Å². The third kappa shape index (κ3) is 6.13. The summed E-state index contributed by atoms with van der Waals surface area (Å²) in [5.41, 5.74) is 3.61. The Hall–Kier alpha value is -4.98. The van der Waals surface area contributed by atoms with Gasteiger partial charge >= 0.3 is 5.97 Å². The Balaban J connectivity index is 1.27. The number of hydrogen-bond donors (Lipinski definition) is 1. The number of imidazole rings is 1. The molecule has 0 aliphatic carbocycles. The number of ether oxygens (including phenoxy) is 2. The zero-order chi connectivity index (χ0) is 27.2. The zero-order valence-corrected chi connectivity index (χ0v) is 21.2. The molecule has 1 N–H and O–H groups in total. The molecule has 0 saturated heterocycles.